The second-order valence-corrected chi connectivity index (χ2v) is 7.53. The molecule has 15 heteroatoms. The molecule has 15 nitrogen and oxygen atoms in total. The lowest BCUT2D eigenvalue weighted by Gasteiger charge is -2.08. The van der Waals surface area contributed by atoms with Crippen LogP contribution >= 0.6 is 0 Å². The maximum Gasteiger partial charge on any atom is 0.248 e. The van der Waals surface area contributed by atoms with Crippen molar-refractivity contribution in [1.82, 2.24) is 25.6 Å². The average molecular weight is 535 g/mol. The maximum atomic E-state index is 11.7. The highest BCUT2D eigenvalue weighted by atomic mass is 16.6. The Hall–Kier alpha value is -2.24. The van der Waals surface area contributed by atoms with Gasteiger partial charge in [-0.25, -0.2) is 10.6 Å². The van der Waals surface area contributed by atoms with E-state index in [9.17, 15) is 9.59 Å². The van der Waals surface area contributed by atoms with Crippen molar-refractivity contribution in [3.8, 4) is 0 Å². The minimum atomic E-state index is -0.289. The first-order chi connectivity index (χ1) is 18.2. The zero-order chi connectivity index (χ0) is 26.8. The summed E-state index contributed by atoms with van der Waals surface area (Å²) < 4.78 is 34.0. The fourth-order valence-electron chi connectivity index (χ4n) is 2.62. The second-order valence-electron chi connectivity index (χ2n) is 7.53. The predicted octanol–water partition coefficient (Wildman–Crippen LogP) is -1.59. The van der Waals surface area contributed by atoms with Gasteiger partial charge in [0.15, 0.2) is 0 Å². The first-order valence-electron chi connectivity index (χ1n) is 12.4. The van der Waals surface area contributed by atoms with Crippen LogP contribution in [0.4, 0.5) is 0 Å². The molecule has 0 fully saturated rings. The molecule has 1 aromatic heterocycles. The molecular formula is C22H42N6O9. The van der Waals surface area contributed by atoms with Crippen molar-refractivity contribution in [2.75, 3.05) is 92.4 Å². The monoisotopic (exact) mass is 534 g/mol. The molecule has 0 saturated heterocycles. The van der Waals surface area contributed by atoms with E-state index in [4.69, 9.17) is 34.3 Å². The van der Waals surface area contributed by atoms with E-state index in [0.717, 1.165) is 6.42 Å². The van der Waals surface area contributed by atoms with Crippen molar-refractivity contribution in [2.24, 2.45) is 5.90 Å². The maximum absolute atomic E-state index is 11.7. The van der Waals surface area contributed by atoms with Gasteiger partial charge in [-0.1, -0.05) is 12.1 Å². The van der Waals surface area contributed by atoms with Gasteiger partial charge in [-0.2, -0.15) is 0 Å². The SMILES string of the molecule is CCCNC(=O)Cn1cc(COCCOCCOCCOCCOCCOCCNC(=O)CON)nn1. The number of ether oxygens (including phenoxy) is 6. The summed E-state index contributed by atoms with van der Waals surface area (Å²) in [7, 11) is 0. The Morgan fingerprint density at radius 3 is 1.84 bits per heavy atom. The van der Waals surface area contributed by atoms with E-state index in [1.54, 1.807) is 6.20 Å². The summed E-state index contributed by atoms with van der Waals surface area (Å²) in [6, 6.07) is 0. The molecule has 214 valence electrons. The minimum Gasteiger partial charge on any atom is -0.377 e. The van der Waals surface area contributed by atoms with Crippen molar-refractivity contribution in [3.05, 3.63) is 11.9 Å². The number of nitrogens with two attached hydrogens (primary N) is 1. The van der Waals surface area contributed by atoms with Crippen LogP contribution in [0.25, 0.3) is 0 Å². The van der Waals surface area contributed by atoms with Gasteiger partial charge in [0.2, 0.25) is 11.8 Å². The molecule has 37 heavy (non-hydrogen) atoms. The number of nitrogens with zero attached hydrogens (tertiary/aromatic N) is 3. The van der Waals surface area contributed by atoms with Crippen LogP contribution in [0.5, 0.6) is 0 Å². The standard InChI is InChI=1S/C22H42N6O9/c1-2-3-24-21(29)17-28-16-20(26-27-28)18-36-15-14-35-13-12-34-11-10-33-9-8-32-7-6-31-5-4-25-22(30)19-37-23/h16H,2-15,17-19,23H2,1H3,(H,24,29)(H,25,30). The molecule has 0 radical (unpaired) electrons. The quantitative estimate of drug-likeness (QED) is 0.0917. The Bertz CT molecular complexity index is 695. The third kappa shape index (κ3) is 20.5. The van der Waals surface area contributed by atoms with E-state index < -0.39 is 0 Å². The van der Waals surface area contributed by atoms with Gasteiger partial charge >= 0.3 is 0 Å². The van der Waals surface area contributed by atoms with E-state index in [2.05, 4.69) is 25.8 Å². The number of aromatic nitrogens is 3. The van der Waals surface area contributed by atoms with Gasteiger partial charge in [0, 0.05) is 13.1 Å². The first kappa shape index (κ1) is 32.8. The number of rotatable bonds is 26. The number of carbonyl (C=O) groups excluding carboxylic acids is 2. The van der Waals surface area contributed by atoms with Crippen LogP contribution in [0.3, 0.4) is 0 Å². The fourth-order valence-corrected chi connectivity index (χ4v) is 2.62. The molecule has 0 saturated carbocycles. The minimum absolute atomic E-state index is 0.0925. The van der Waals surface area contributed by atoms with Gasteiger partial charge in [0.05, 0.1) is 85.5 Å². The highest BCUT2D eigenvalue weighted by Crippen LogP contribution is 1.96. The molecule has 0 spiro atoms. The highest BCUT2D eigenvalue weighted by molar-refractivity contribution is 5.77. The Balaban J connectivity index is 1.77. The summed E-state index contributed by atoms with van der Waals surface area (Å²) in [5, 5.41) is 13.3. The Kier molecular flexibility index (Phi) is 21.4. The number of hydrogen-bond donors (Lipinski definition) is 3. The smallest absolute Gasteiger partial charge is 0.248 e. The van der Waals surface area contributed by atoms with Gasteiger partial charge in [-0.3, -0.25) is 14.4 Å². The third-order valence-corrected chi connectivity index (χ3v) is 4.36. The third-order valence-electron chi connectivity index (χ3n) is 4.36. The molecule has 1 rings (SSSR count). The number of nitrogens with one attached hydrogen (secondary N) is 2. The summed E-state index contributed by atoms with van der Waals surface area (Å²) >= 11 is 0. The van der Waals surface area contributed by atoms with Crippen LogP contribution in [-0.4, -0.2) is 119 Å². The van der Waals surface area contributed by atoms with Crippen molar-refractivity contribution in [1.29, 1.82) is 0 Å². The van der Waals surface area contributed by atoms with E-state index in [1.165, 1.54) is 4.68 Å². The molecule has 4 N–H and O–H groups in total. The highest BCUT2D eigenvalue weighted by Gasteiger charge is 2.05. The van der Waals surface area contributed by atoms with Crippen LogP contribution in [0, 0.1) is 0 Å². The molecule has 1 aromatic rings. The van der Waals surface area contributed by atoms with E-state index in [0.29, 0.717) is 98.1 Å². The molecule has 0 aliphatic rings. The van der Waals surface area contributed by atoms with Gasteiger partial charge < -0.3 is 39.1 Å². The van der Waals surface area contributed by atoms with Gasteiger partial charge in [-0.15, -0.1) is 5.10 Å². The summed E-state index contributed by atoms with van der Waals surface area (Å²) in [6.07, 6.45) is 2.58. The molecule has 0 bridgehead atoms. The van der Waals surface area contributed by atoms with Crippen LogP contribution in [0.1, 0.15) is 19.0 Å². The van der Waals surface area contributed by atoms with Crippen LogP contribution in [0.15, 0.2) is 6.20 Å². The predicted molar refractivity (Wildman–Crippen MR) is 130 cm³/mol. The molecule has 0 unspecified atom stereocenters. The van der Waals surface area contributed by atoms with Crippen LogP contribution < -0.4 is 16.5 Å². The molecule has 2 amide bonds. The molecule has 0 aromatic carbocycles. The van der Waals surface area contributed by atoms with Crippen molar-refractivity contribution >= 4 is 11.8 Å². The van der Waals surface area contributed by atoms with E-state index >= 15 is 0 Å². The average Bonchev–Trinajstić information content (AvgIpc) is 3.33. The largest absolute Gasteiger partial charge is 0.377 e. The first-order valence-corrected chi connectivity index (χ1v) is 12.4. The zero-order valence-corrected chi connectivity index (χ0v) is 21.7. The van der Waals surface area contributed by atoms with E-state index in [-0.39, 0.29) is 25.0 Å². The Labute approximate surface area is 217 Å². The second kappa shape index (κ2) is 24.1. The number of amides is 2. The van der Waals surface area contributed by atoms with Gasteiger partial charge in [0.25, 0.3) is 0 Å². The summed E-state index contributed by atoms with van der Waals surface area (Å²) in [4.78, 5) is 26.9. The Morgan fingerprint density at radius 1 is 0.784 bits per heavy atom. The summed E-state index contributed by atoms with van der Waals surface area (Å²) in [6.45, 7) is 8.19. The summed E-state index contributed by atoms with van der Waals surface area (Å²) in [5.74, 6) is 4.41. The van der Waals surface area contributed by atoms with Crippen molar-refractivity contribution in [3.63, 3.8) is 0 Å². The normalized spacial score (nSPS) is 11.1. The lowest BCUT2D eigenvalue weighted by atomic mass is 10.4. The van der Waals surface area contributed by atoms with E-state index in [1.807, 2.05) is 6.92 Å². The molecule has 0 aliphatic carbocycles. The molecule has 0 atom stereocenters. The van der Waals surface area contributed by atoms with Crippen molar-refractivity contribution < 1.29 is 42.8 Å². The lowest BCUT2D eigenvalue weighted by Crippen LogP contribution is -2.31. The summed E-state index contributed by atoms with van der Waals surface area (Å²) in [5.41, 5.74) is 0.655. The molecule has 1 heterocycles. The van der Waals surface area contributed by atoms with Crippen LogP contribution in [0.2, 0.25) is 0 Å². The molecular weight excluding hydrogens is 492 g/mol. The number of hydrogen-bond acceptors (Lipinski definition) is 12. The van der Waals surface area contributed by atoms with Gasteiger partial charge in [-0.05, 0) is 6.42 Å². The van der Waals surface area contributed by atoms with Crippen molar-refractivity contribution in [2.45, 2.75) is 26.5 Å². The fraction of sp³-hybridized carbons (Fsp3) is 0.818. The number of carbonyl (C=O) groups is 2. The zero-order valence-electron chi connectivity index (χ0n) is 21.7. The lowest BCUT2D eigenvalue weighted by molar-refractivity contribution is -0.126. The van der Waals surface area contributed by atoms with Gasteiger partial charge in [0.1, 0.15) is 18.8 Å². The topological polar surface area (TPSA) is 180 Å². The Morgan fingerprint density at radius 2 is 1.30 bits per heavy atom. The van der Waals surface area contributed by atoms with Crippen LogP contribution in [-0.2, 0) is 56.0 Å². The molecule has 0 aliphatic heterocycles.